The highest BCUT2D eigenvalue weighted by molar-refractivity contribution is 5.31. The van der Waals surface area contributed by atoms with Crippen molar-refractivity contribution in [1.29, 1.82) is 0 Å². The van der Waals surface area contributed by atoms with E-state index in [4.69, 9.17) is 9.47 Å². The van der Waals surface area contributed by atoms with E-state index >= 15 is 0 Å². The smallest absolute Gasteiger partial charge is 0.169 e. The van der Waals surface area contributed by atoms with Gasteiger partial charge in [0.1, 0.15) is 0 Å². The van der Waals surface area contributed by atoms with Gasteiger partial charge in [0.25, 0.3) is 0 Å². The van der Waals surface area contributed by atoms with Gasteiger partial charge in [0.2, 0.25) is 0 Å². The molecular formula is C14H20FNO2. The monoisotopic (exact) mass is 253 g/mol. The van der Waals surface area contributed by atoms with E-state index in [9.17, 15) is 4.39 Å². The first-order valence-electron chi connectivity index (χ1n) is 6.29. The van der Waals surface area contributed by atoms with E-state index < -0.39 is 0 Å². The Labute approximate surface area is 107 Å². The molecule has 1 heterocycles. The van der Waals surface area contributed by atoms with Gasteiger partial charge in [0.05, 0.1) is 13.7 Å². The minimum absolute atomic E-state index is 0.0617. The molecule has 0 aromatic heterocycles. The largest absolute Gasteiger partial charge is 0.494 e. The van der Waals surface area contributed by atoms with Gasteiger partial charge in [0.15, 0.2) is 11.6 Å². The lowest BCUT2D eigenvalue weighted by Gasteiger charge is -2.34. The topological polar surface area (TPSA) is 30.5 Å². The van der Waals surface area contributed by atoms with Gasteiger partial charge in [-0.25, -0.2) is 4.39 Å². The van der Waals surface area contributed by atoms with Crippen LogP contribution in [0, 0.1) is 5.82 Å². The molecule has 0 aliphatic carbocycles. The first kappa shape index (κ1) is 13.3. The second-order valence-corrected chi connectivity index (χ2v) is 5.00. The van der Waals surface area contributed by atoms with Crippen LogP contribution in [0.3, 0.4) is 0 Å². The number of hydrogen-bond donors (Lipinski definition) is 1. The lowest BCUT2D eigenvalue weighted by atomic mass is 9.94. The van der Waals surface area contributed by atoms with Gasteiger partial charge in [-0.2, -0.15) is 0 Å². The molecule has 1 atom stereocenters. The van der Waals surface area contributed by atoms with E-state index in [2.05, 4.69) is 12.2 Å². The zero-order valence-electron chi connectivity index (χ0n) is 11.0. The number of benzene rings is 1. The fourth-order valence-electron chi connectivity index (χ4n) is 2.23. The molecule has 1 aromatic rings. The zero-order valence-corrected chi connectivity index (χ0v) is 11.0. The molecule has 1 aromatic carbocycles. The van der Waals surface area contributed by atoms with Crippen LogP contribution >= 0.6 is 0 Å². The van der Waals surface area contributed by atoms with Gasteiger partial charge in [0, 0.05) is 24.3 Å². The van der Waals surface area contributed by atoms with Crippen molar-refractivity contribution in [3.8, 4) is 5.75 Å². The highest BCUT2D eigenvalue weighted by Crippen LogP contribution is 2.22. The van der Waals surface area contributed by atoms with E-state index in [0.29, 0.717) is 24.5 Å². The minimum atomic E-state index is -0.284. The normalized spacial score (nSPS) is 23.9. The molecule has 0 amide bonds. The summed E-state index contributed by atoms with van der Waals surface area (Å²) in [7, 11) is 1.48. The third-order valence-corrected chi connectivity index (χ3v) is 3.41. The van der Waals surface area contributed by atoms with Crippen molar-refractivity contribution in [3.63, 3.8) is 0 Å². The predicted octanol–water partition coefficient (Wildman–Crippen LogP) is 2.49. The molecule has 1 aliphatic heterocycles. The van der Waals surface area contributed by atoms with E-state index in [1.165, 1.54) is 7.11 Å². The molecule has 1 N–H and O–H groups in total. The molecule has 2 rings (SSSR count). The Morgan fingerprint density at radius 3 is 3.00 bits per heavy atom. The lowest BCUT2D eigenvalue weighted by Crippen LogP contribution is -2.48. The Morgan fingerprint density at radius 1 is 1.50 bits per heavy atom. The first-order chi connectivity index (χ1) is 8.64. The van der Waals surface area contributed by atoms with Crippen LogP contribution in [0.5, 0.6) is 5.75 Å². The molecule has 18 heavy (non-hydrogen) atoms. The number of methoxy groups -OCH3 is 1. The van der Waals surface area contributed by atoms with Crippen LogP contribution in [0.2, 0.25) is 0 Å². The summed E-state index contributed by atoms with van der Waals surface area (Å²) in [6, 6.07) is 5.21. The first-order valence-corrected chi connectivity index (χ1v) is 6.29. The van der Waals surface area contributed by atoms with Crippen molar-refractivity contribution < 1.29 is 13.9 Å². The van der Waals surface area contributed by atoms with Gasteiger partial charge in [-0.1, -0.05) is 12.1 Å². The summed E-state index contributed by atoms with van der Waals surface area (Å²) in [5, 5.41) is 3.39. The number of ether oxygens (including phenoxy) is 2. The standard InChI is InChI=1S/C14H20FNO2/c1-14(7-4-8-18-10-14)16-9-11-5-3-6-12(17-2)13(11)15/h3,5-6,16H,4,7-10H2,1-2H3. The van der Waals surface area contributed by atoms with E-state index in [1.54, 1.807) is 18.2 Å². The fourth-order valence-corrected chi connectivity index (χ4v) is 2.23. The van der Waals surface area contributed by atoms with Gasteiger partial charge >= 0.3 is 0 Å². The highest BCUT2D eigenvalue weighted by Gasteiger charge is 2.27. The molecular weight excluding hydrogens is 233 g/mol. The summed E-state index contributed by atoms with van der Waals surface area (Å²) >= 11 is 0. The van der Waals surface area contributed by atoms with Crippen LogP contribution in [0.4, 0.5) is 4.39 Å². The SMILES string of the molecule is COc1cccc(CNC2(C)CCCOC2)c1F. The van der Waals surface area contributed by atoms with Crippen molar-refractivity contribution in [1.82, 2.24) is 5.32 Å². The minimum Gasteiger partial charge on any atom is -0.494 e. The Hall–Kier alpha value is -1.13. The van der Waals surface area contributed by atoms with Crippen LogP contribution in [-0.4, -0.2) is 25.9 Å². The van der Waals surface area contributed by atoms with Crippen molar-refractivity contribution in [2.45, 2.75) is 31.8 Å². The molecule has 0 spiro atoms. The van der Waals surface area contributed by atoms with Crippen LogP contribution in [0.15, 0.2) is 18.2 Å². The zero-order chi connectivity index (χ0) is 13.0. The van der Waals surface area contributed by atoms with Crippen molar-refractivity contribution in [2.75, 3.05) is 20.3 Å². The summed E-state index contributed by atoms with van der Waals surface area (Å²) < 4.78 is 24.4. The second-order valence-electron chi connectivity index (χ2n) is 5.00. The molecule has 1 fully saturated rings. The average molecular weight is 253 g/mol. The maximum absolute atomic E-state index is 14.0. The fraction of sp³-hybridized carbons (Fsp3) is 0.571. The summed E-state index contributed by atoms with van der Waals surface area (Å²) in [5.74, 6) is 0.00664. The third kappa shape index (κ3) is 3.00. The molecule has 0 bridgehead atoms. The number of hydrogen-bond acceptors (Lipinski definition) is 3. The maximum atomic E-state index is 14.0. The van der Waals surface area contributed by atoms with Gasteiger partial charge < -0.3 is 14.8 Å². The van der Waals surface area contributed by atoms with E-state index in [-0.39, 0.29) is 11.4 Å². The van der Waals surface area contributed by atoms with Gasteiger partial charge in [-0.3, -0.25) is 0 Å². The number of halogens is 1. The number of rotatable bonds is 4. The van der Waals surface area contributed by atoms with Crippen molar-refractivity contribution in [3.05, 3.63) is 29.6 Å². The molecule has 100 valence electrons. The maximum Gasteiger partial charge on any atom is 0.169 e. The Kier molecular flexibility index (Phi) is 4.19. The summed E-state index contributed by atoms with van der Waals surface area (Å²) in [6.45, 7) is 4.11. The summed E-state index contributed by atoms with van der Waals surface area (Å²) in [6.07, 6.45) is 2.10. The average Bonchev–Trinajstić information content (AvgIpc) is 2.38. The Balaban J connectivity index is 2.01. The van der Waals surface area contributed by atoms with Crippen LogP contribution < -0.4 is 10.1 Å². The molecule has 1 unspecified atom stereocenters. The summed E-state index contributed by atoms with van der Waals surface area (Å²) in [5.41, 5.74) is 0.564. The highest BCUT2D eigenvalue weighted by atomic mass is 19.1. The number of nitrogens with one attached hydrogen (secondary N) is 1. The lowest BCUT2D eigenvalue weighted by molar-refractivity contribution is 0.0276. The third-order valence-electron chi connectivity index (χ3n) is 3.41. The van der Waals surface area contributed by atoms with Crippen LogP contribution in [-0.2, 0) is 11.3 Å². The molecule has 0 saturated carbocycles. The second kappa shape index (κ2) is 5.67. The van der Waals surface area contributed by atoms with Gasteiger partial charge in [-0.05, 0) is 25.8 Å². The van der Waals surface area contributed by atoms with E-state index in [1.807, 2.05) is 0 Å². The Bertz CT molecular complexity index is 403. The van der Waals surface area contributed by atoms with Crippen LogP contribution in [0.1, 0.15) is 25.3 Å². The Morgan fingerprint density at radius 2 is 2.33 bits per heavy atom. The quantitative estimate of drug-likeness (QED) is 0.894. The van der Waals surface area contributed by atoms with Crippen molar-refractivity contribution in [2.24, 2.45) is 0 Å². The van der Waals surface area contributed by atoms with Crippen molar-refractivity contribution >= 4 is 0 Å². The van der Waals surface area contributed by atoms with Crippen LogP contribution in [0.25, 0.3) is 0 Å². The molecule has 0 radical (unpaired) electrons. The molecule has 1 saturated heterocycles. The van der Waals surface area contributed by atoms with Gasteiger partial charge in [-0.15, -0.1) is 0 Å². The molecule has 4 heteroatoms. The van der Waals surface area contributed by atoms with E-state index in [0.717, 1.165) is 19.4 Å². The summed E-state index contributed by atoms with van der Waals surface area (Å²) in [4.78, 5) is 0. The molecule has 3 nitrogen and oxygen atoms in total. The molecule has 1 aliphatic rings. The predicted molar refractivity (Wildman–Crippen MR) is 68.2 cm³/mol.